The molecule has 1 aromatic carbocycles. The van der Waals surface area contributed by atoms with Gasteiger partial charge in [0.15, 0.2) is 0 Å². The summed E-state index contributed by atoms with van der Waals surface area (Å²) in [6.45, 7) is 1.14. The van der Waals surface area contributed by atoms with Gasteiger partial charge in [-0.15, -0.1) is 12.4 Å². The molecule has 0 saturated heterocycles. The van der Waals surface area contributed by atoms with Crippen molar-refractivity contribution in [1.29, 1.82) is 0 Å². The fourth-order valence-electron chi connectivity index (χ4n) is 1.70. The Balaban J connectivity index is 0.00000200. The summed E-state index contributed by atoms with van der Waals surface area (Å²) in [5.41, 5.74) is 6.67. The first kappa shape index (κ1) is 16.5. The lowest BCUT2D eigenvalue weighted by molar-refractivity contribution is -0.117. The second-order valence-corrected chi connectivity index (χ2v) is 4.74. The number of carbonyl (C=O) groups is 2. The number of rotatable bonds is 6. The minimum atomic E-state index is -0.117. The Morgan fingerprint density at radius 2 is 1.85 bits per heavy atom. The minimum Gasteiger partial charge on any atom is -0.352 e. The van der Waals surface area contributed by atoms with Gasteiger partial charge in [0.2, 0.25) is 5.91 Å². The molecule has 110 valence electrons. The fraction of sp³-hybridized carbons (Fsp3) is 0.429. The molecule has 0 aliphatic heterocycles. The summed E-state index contributed by atoms with van der Waals surface area (Å²) < 4.78 is 0. The van der Waals surface area contributed by atoms with Crippen molar-refractivity contribution in [2.24, 2.45) is 11.7 Å². The van der Waals surface area contributed by atoms with Gasteiger partial charge < -0.3 is 16.4 Å². The largest absolute Gasteiger partial charge is 0.352 e. The lowest BCUT2D eigenvalue weighted by Crippen LogP contribution is -2.25. The smallest absolute Gasteiger partial charge is 0.251 e. The van der Waals surface area contributed by atoms with Crippen molar-refractivity contribution in [1.82, 2.24) is 5.32 Å². The van der Waals surface area contributed by atoms with Crippen LogP contribution in [0, 0.1) is 5.92 Å². The number of hydrogen-bond donors (Lipinski definition) is 3. The third-order valence-electron chi connectivity index (χ3n) is 3.03. The van der Waals surface area contributed by atoms with Gasteiger partial charge in [0.25, 0.3) is 5.91 Å². The molecule has 5 nitrogen and oxygen atoms in total. The van der Waals surface area contributed by atoms with Crippen molar-refractivity contribution >= 4 is 29.9 Å². The molecule has 0 atom stereocenters. The van der Waals surface area contributed by atoms with Crippen molar-refractivity contribution < 1.29 is 9.59 Å². The Hall–Kier alpha value is -1.59. The Bertz CT molecular complexity index is 458. The molecular formula is C14H20ClN3O2. The molecule has 0 radical (unpaired) electrons. The molecule has 0 unspecified atom stereocenters. The van der Waals surface area contributed by atoms with Crippen molar-refractivity contribution in [2.45, 2.75) is 19.3 Å². The quantitative estimate of drug-likeness (QED) is 0.696. The van der Waals surface area contributed by atoms with Crippen LogP contribution in [-0.2, 0) is 4.79 Å². The lowest BCUT2D eigenvalue weighted by Gasteiger charge is -2.06. The topological polar surface area (TPSA) is 84.2 Å². The number of nitrogens with one attached hydrogen (secondary N) is 2. The molecule has 1 aliphatic carbocycles. The lowest BCUT2D eigenvalue weighted by atomic mass is 10.2. The summed E-state index contributed by atoms with van der Waals surface area (Å²) in [6, 6.07) is 6.91. The second kappa shape index (κ2) is 7.87. The zero-order valence-electron chi connectivity index (χ0n) is 11.2. The maximum absolute atomic E-state index is 11.7. The molecule has 1 aromatic rings. The van der Waals surface area contributed by atoms with E-state index in [0.29, 0.717) is 18.7 Å². The van der Waals surface area contributed by atoms with Gasteiger partial charge >= 0.3 is 0 Å². The van der Waals surface area contributed by atoms with Crippen molar-refractivity contribution in [3.05, 3.63) is 29.8 Å². The van der Waals surface area contributed by atoms with Gasteiger partial charge in [-0.05, 0) is 50.1 Å². The molecule has 1 aliphatic rings. The zero-order chi connectivity index (χ0) is 13.7. The van der Waals surface area contributed by atoms with Crippen LogP contribution in [0.25, 0.3) is 0 Å². The summed E-state index contributed by atoms with van der Waals surface area (Å²) in [6.07, 6.45) is 2.72. The van der Waals surface area contributed by atoms with Crippen LogP contribution in [-0.4, -0.2) is 24.9 Å². The van der Waals surface area contributed by atoms with Gasteiger partial charge in [0.05, 0.1) is 0 Å². The summed E-state index contributed by atoms with van der Waals surface area (Å²) in [5, 5.41) is 5.62. The number of carbonyl (C=O) groups excluding carboxylic acids is 2. The number of halogens is 1. The van der Waals surface area contributed by atoms with Crippen LogP contribution < -0.4 is 16.4 Å². The fourth-order valence-corrected chi connectivity index (χ4v) is 1.70. The van der Waals surface area contributed by atoms with Crippen LogP contribution in [0.5, 0.6) is 0 Å². The maximum atomic E-state index is 11.7. The van der Waals surface area contributed by atoms with Gasteiger partial charge in [-0.2, -0.15) is 0 Å². The molecule has 0 heterocycles. The third kappa shape index (κ3) is 4.83. The predicted molar refractivity (Wildman–Crippen MR) is 81.0 cm³/mol. The molecule has 0 spiro atoms. The Labute approximate surface area is 124 Å². The number of amides is 2. The van der Waals surface area contributed by atoms with E-state index in [9.17, 15) is 9.59 Å². The van der Waals surface area contributed by atoms with Gasteiger partial charge in [-0.25, -0.2) is 0 Å². The normalized spacial score (nSPS) is 13.2. The van der Waals surface area contributed by atoms with Crippen LogP contribution in [0.2, 0.25) is 0 Å². The zero-order valence-corrected chi connectivity index (χ0v) is 12.0. The summed E-state index contributed by atoms with van der Waals surface area (Å²) in [7, 11) is 0. The summed E-state index contributed by atoms with van der Waals surface area (Å²) in [4.78, 5) is 23.3. The third-order valence-corrected chi connectivity index (χ3v) is 3.03. The van der Waals surface area contributed by atoms with Crippen molar-refractivity contribution in [2.75, 3.05) is 18.4 Å². The van der Waals surface area contributed by atoms with Crippen LogP contribution >= 0.6 is 12.4 Å². The highest BCUT2D eigenvalue weighted by molar-refractivity contribution is 5.96. The van der Waals surface area contributed by atoms with Gasteiger partial charge in [0, 0.05) is 23.7 Å². The standard InChI is InChI=1S/C14H19N3O2.ClH/c15-8-1-9-16-13(18)10-4-6-12(7-5-10)17-14(19)11-2-3-11;/h4-7,11H,1-3,8-9,15H2,(H,16,18)(H,17,19);1H. The highest BCUT2D eigenvalue weighted by Crippen LogP contribution is 2.30. The number of hydrogen-bond acceptors (Lipinski definition) is 3. The van der Waals surface area contributed by atoms with E-state index in [4.69, 9.17) is 5.73 Å². The first-order chi connectivity index (χ1) is 9.20. The minimum absolute atomic E-state index is 0. The number of nitrogens with two attached hydrogens (primary N) is 1. The van der Waals surface area contributed by atoms with E-state index in [0.717, 1.165) is 24.9 Å². The number of anilines is 1. The van der Waals surface area contributed by atoms with Crippen molar-refractivity contribution in [3.8, 4) is 0 Å². The molecule has 2 rings (SSSR count). The molecule has 6 heteroatoms. The highest BCUT2D eigenvalue weighted by atomic mass is 35.5. The average Bonchev–Trinajstić information content (AvgIpc) is 3.24. The predicted octanol–water partition coefficient (Wildman–Crippen LogP) is 1.54. The molecule has 1 fully saturated rings. The maximum Gasteiger partial charge on any atom is 0.251 e. The van der Waals surface area contributed by atoms with Crippen LogP contribution in [0.3, 0.4) is 0 Å². The van der Waals surface area contributed by atoms with Gasteiger partial charge in [-0.3, -0.25) is 9.59 Å². The molecule has 0 aromatic heterocycles. The van der Waals surface area contributed by atoms with Gasteiger partial charge in [-0.1, -0.05) is 0 Å². The second-order valence-electron chi connectivity index (χ2n) is 4.74. The van der Waals surface area contributed by atoms with Crippen LogP contribution in [0.4, 0.5) is 5.69 Å². The van der Waals surface area contributed by atoms with E-state index in [1.165, 1.54) is 0 Å². The molecule has 0 bridgehead atoms. The SMILES string of the molecule is Cl.NCCCNC(=O)c1ccc(NC(=O)C2CC2)cc1. The summed E-state index contributed by atoms with van der Waals surface area (Å²) >= 11 is 0. The van der Waals surface area contributed by atoms with E-state index in [1.54, 1.807) is 24.3 Å². The summed E-state index contributed by atoms with van der Waals surface area (Å²) in [5.74, 6) is 0.132. The first-order valence-corrected chi connectivity index (χ1v) is 6.60. The molecular weight excluding hydrogens is 278 g/mol. The first-order valence-electron chi connectivity index (χ1n) is 6.60. The van der Waals surface area contributed by atoms with Crippen LogP contribution in [0.15, 0.2) is 24.3 Å². The van der Waals surface area contributed by atoms with E-state index in [-0.39, 0.29) is 30.1 Å². The average molecular weight is 298 g/mol. The Morgan fingerprint density at radius 3 is 2.40 bits per heavy atom. The number of benzene rings is 1. The van der Waals surface area contributed by atoms with Crippen molar-refractivity contribution in [3.63, 3.8) is 0 Å². The Kier molecular flexibility index (Phi) is 6.48. The van der Waals surface area contributed by atoms with Crippen LogP contribution in [0.1, 0.15) is 29.6 Å². The highest BCUT2D eigenvalue weighted by Gasteiger charge is 2.29. The molecule has 1 saturated carbocycles. The molecule has 2 amide bonds. The molecule has 20 heavy (non-hydrogen) atoms. The monoisotopic (exact) mass is 297 g/mol. The van der Waals surface area contributed by atoms with E-state index >= 15 is 0 Å². The van der Waals surface area contributed by atoms with E-state index in [1.807, 2.05) is 0 Å². The van der Waals surface area contributed by atoms with E-state index < -0.39 is 0 Å². The van der Waals surface area contributed by atoms with Gasteiger partial charge in [0.1, 0.15) is 0 Å². The Morgan fingerprint density at radius 1 is 1.20 bits per heavy atom. The molecule has 4 N–H and O–H groups in total. The van der Waals surface area contributed by atoms with E-state index in [2.05, 4.69) is 10.6 Å².